The molecular weight excluding hydrogens is 327 g/mol. The number of carboxylic acids is 2. The van der Waals surface area contributed by atoms with Crippen molar-refractivity contribution >= 4 is 35.1 Å². The van der Waals surface area contributed by atoms with Crippen molar-refractivity contribution in [2.24, 2.45) is 0 Å². The first-order chi connectivity index (χ1) is 10.5. The Morgan fingerprint density at radius 2 is 1.18 bits per heavy atom. The lowest BCUT2D eigenvalue weighted by Gasteiger charge is -2.17. The number of carbonyl (C=O) groups is 2. The third-order valence-corrected chi connectivity index (χ3v) is 3.05. The Balaban J connectivity index is 3.49. The highest BCUT2D eigenvalue weighted by atomic mass is 35.5. The summed E-state index contributed by atoms with van der Waals surface area (Å²) in [7, 11) is 0. The fourth-order valence-electron chi connectivity index (χ4n) is 1.88. The molecular formula is C16H10Cl2O4-2. The Morgan fingerprint density at radius 3 is 1.45 bits per heavy atom. The molecule has 1 aromatic rings. The Labute approximate surface area is 138 Å². The van der Waals surface area contributed by atoms with Crippen LogP contribution in [-0.2, 0) is 12.8 Å². The Bertz CT molecular complexity index is 642. The molecule has 0 saturated heterocycles. The van der Waals surface area contributed by atoms with E-state index in [1.807, 2.05) is 0 Å². The van der Waals surface area contributed by atoms with Gasteiger partial charge in [0.1, 0.15) is 0 Å². The van der Waals surface area contributed by atoms with Crippen LogP contribution in [0, 0.1) is 23.7 Å². The van der Waals surface area contributed by atoms with Crippen LogP contribution in [0.15, 0.2) is 12.1 Å². The molecule has 1 aromatic carbocycles. The van der Waals surface area contributed by atoms with Crippen LogP contribution in [0.1, 0.15) is 31.8 Å². The Kier molecular flexibility index (Phi) is 7.32. The summed E-state index contributed by atoms with van der Waals surface area (Å²) in [6.45, 7) is 0. The second-order valence-corrected chi connectivity index (χ2v) is 4.56. The maximum absolute atomic E-state index is 11.2. The molecule has 0 spiro atoms. The summed E-state index contributed by atoms with van der Waals surface area (Å²) in [5.74, 6) is 7.88. The average Bonchev–Trinajstić information content (AvgIpc) is 2.47. The van der Waals surface area contributed by atoms with E-state index in [1.54, 1.807) is 0 Å². The fraction of sp³-hybridized carbons (Fsp3) is 0.250. The molecule has 0 saturated carbocycles. The molecule has 114 valence electrons. The van der Waals surface area contributed by atoms with Gasteiger partial charge in [-0.25, -0.2) is 0 Å². The molecule has 1 rings (SSSR count). The second-order valence-electron chi connectivity index (χ2n) is 4.02. The molecule has 0 aromatic heterocycles. The first-order valence-electron chi connectivity index (χ1n) is 6.13. The van der Waals surface area contributed by atoms with Gasteiger partial charge < -0.3 is 19.8 Å². The van der Waals surface area contributed by atoms with Crippen LogP contribution in [0.3, 0.4) is 0 Å². The Morgan fingerprint density at radius 1 is 0.818 bits per heavy atom. The minimum atomic E-state index is -1.42. The smallest absolute Gasteiger partial charge is 0.0835 e. The van der Waals surface area contributed by atoms with Crippen molar-refractivity contribution in [1.29, 1.82) is 0 Å². The summed E-state index contributed by atoms with van der Waals surface area (Å²) in [5, 5.41) is 22.4. The van der Waals surface area contributed by atoms with Crippen LogP contribution >= 0.6 is 23.2 Å². The Hall–Kier alpha value is -2.14. The molecule has 0 unspecified atom stereocenters. The summed E-state index contributed by atoms with van der Waals surface area (Å²) in [6, 6.07) is 2.33. The van der Waals surface area contributed by atoms with Crippen molar-refractivity contribution in [3.05, 3.63) is 34.4 Å². The minimum Gasteiger partial charge on any atom is -0.545 e. The third kappa shape index (κ3) is 4.70. The van der Waals surface area contributed by atoms with Crippen molar-refractivity contribution in [2.75, 3.05) is 11.8 Å². The minimum absolute atomic E-state index is 0.0229. The predicted molar refractivity (Wildman–Crippen MR) is 79.5 cm³/mol. The summed E-state index contributed by atoms with van der Waals surface area (Å²) in [6.07, 6.45) is 0.0457. The lowest BCUT2D eigenvalue weighted by molar-refractivity contribution is -0.256. The molecule has 0 heterocycles. The standard InChI is InChI=1S/C16H12Cl2O4/c17-9-3-1-5-11-12(6-2-4-10-18)14(16(21)22)8-7-13(11)15(19)20/h7-8H,5-6,9-10H2,(H,19,20)(H,21,22)/p-2. The highest BCUT2D eigenvalue weighted by molar-refractivity contribution is 6.19. The molecule has 6 heteroatoms. The molecule has 22 heavy (non-hydrogen) atoms. The number of aromatic carboxylic acids is 2. The van der Waals surface area contributed by atoms with E-state index in [0.29, 0.717) is 0 Å². The molecule has 4 nitrogen and oxygen atoms in total. The van der Waals surface area contributed by atoms with Gasteiger partial charge in [0.15, 0.2) is 0 Å². The molecule has 0 radical (unpaired) electrons. The van der Waals surface area contributed by atoms with Crippen molar-refractivity contribution < 1.29 is 19.8 Å². The van der Waals surface area contributed by atoms with Crippen LogP contribution in [0.4, 0.5) is 0 Å². The van der Waals surface area contributed by atoms with E-state index in [4.69, 9.17) is 23.2 Å². The van der Waals surface area contributed by atoms with E-state index in [2.05, 4.69) is 23.7 Å². The van der Waals surface area contributed by atoms with Crippen molar-refractivity contribution in [1.82, 2.24) is 0 Å². The first kappa shape index (κ1) is 17.9. The van der Waals surface area contributed by atoms with Gasteiger partial charge in [-0.15, -0.1) is 23.2 Å². The number of halogens is 2. The first-order valence-corrected chi connectivity index (χ1v) is 7.20. The lowest BCUT2D eigenvalue weighted by atomic mass is 9.92. The molecule has 0 aliphatic carbocycles. The lowest BCUT2D eigenvalue weighted by Crippen LogP contribution is -2.28. The number of hydrogen-bond donors (Lipinski definition) is 0. The highest BCUT2D eigenvalue weighted by Gasteiger charge is 2.13. The number of benzene rings is 1. The maximum atomic E-state index is 11.2. The van der Waals surface area contributed by atoms with E-state index in [1.165, 1.54) is 0 Å². The summed E-state index contributed by atoms with van der Waals surface area (Å²) in [5.41, 5.74) is 0.222. The monoisotopic (exact) mass is 336 g/mol. The molecule has 0 atom stereocenters. The average molecular weight is 337 g/mol. The van der Waals surface area contributed by atoms with Gasteiger partial charge in [0.05, 0.1) is 23.7 Å². The molecule has 0 amide bonds. The summed E-state index contributed by atoms with van der Waals surface area (Å²) in [4.78, 5) is 22.4. The zero-order valence-corrected chi connectivity index (χ0v) is 12.9. The van der Waals surface area contributed by atoms with Crippen molar-refractivity contribution in [3.8, 4) is 23.7 Å². The summed E-state index contributed by atoms with van der Waals surface area (Å²) >= 11 is 10.9. The van der Waals surface area contributed by atoms with E-state index in [-0.39, 0.29) is 46.9 Å². The van der Waals surface area contributed by atoms with Gasteiger partial charge >= 0.3 is 0 Å². The van der Waals surface area contributed by atoms with E-state index in [0.717, 1.165) is 12.1 Å². The van der Waals surface area contributed by atoms with Crippen LogP contribution in [0.2, 0.25) is 0 Å². The number of carbonyl (C=O) groups excluding carboxylic acids is 2. The van der Waals surface area contributed by atoms with Gasteiger partial charge in [0.2, 0.25) is 0 Å². The highest BCUT2D eigenvalue weighted by Crippen LogP contribution is 2.20. The topological polar surface area (TPSA) is 80.3 Å². The second kappa shape index (κ2) is 9.00. The third-order valence-electron chi connectivity index (χ3n) is 2.78. The quantitative estimate of drug-likeness (QED) is 0.571. The predicted octanol–water partition coefficient (Wildman–Crippen LogP) is -0.0170. The van der Waals surface area contributed by atoms with Gasteiger partial charge in [-0.05, 0) is 11.1 Å². The number of alkyl halides is 2. The van der Waals surface area contributed by atoms with E-state index >= 15 is 0 Å². The van der Waals surface area contributed by atoms with Crippen LogP contribution < -0.4 is 10.2 Å². The normalized spacial score (nSPS) is 9.18. The summed E-state index contributed by atoms with van der Waals surface area (Å²) < 4.78 is 0. The molecule has 0 aliphatic rings. The van der Waals surface area contributed by atoms with E-state index in [9.17, 15) is 19.8 Å². The number of hydrogen-bond acceptors (Lipinski definition) is 4. The molecule has 0 N–H and O–H groups in total. The van der Waals surface area contributed by atoms with Crippen LogP contribution in [-0.4, -0.2) is 23.7 Å². The van der Waals surface area contributed by atoms with Crippen LogP contribution in [0.25, 0.3) is 0 Å². The van der Waals surface area contributed by atoms with Crippen LogP contribution in [0.5, 0.6) is 0 Å². The van der Waals surface area contributed by atoms with Crippen molar-refractivity contribution in [2.45, 2.75) is 12.8 Å². The van der Waals surface area contributed by atoms with E-state index < -0.39 is 11.9 Å². The van der Waals surface area contributed by atoms with Gasteiger partial charge in [0, 0.05) is 24.0 Å². The number of rotatable bonds is 4. The van der Waals surface area contributed by atoms with Gasteiger partial charge in [-0.2, -0.15) is 0 Å². The molecule has 0 fully saturated rings. The fourth-order valence-corrected chi connectivity index (χ4v) is 2.06. The zero-order valence-electron chi connectivity index (χ0n) is 11.4. The maximum Gasteiger partial charge on any atom is 0.0835 e. The van der Waals surface area contributed by atoms with Gasteiger partial charge in [-0.3, -0.25) is 0 Å². The largest absolute Gasteiger partial charge is 0.545 e. The number of carboxylic acid groups (broad SMARTS) is 2. The molecule has 0 bridgehead atoms. The SMILES string of the molecule is O=C([O-])c1ccc(C(=O)[O-])c(CC#CCCl)c1CC#CCCl. The van der Waals surface area contributed by atoms with Gasteiger partial charge in [0.25, 0.3) is 0 Å². The zero-order chi connectivity index (χ0) is 16.5. The molecule has 0 aliphatic heterocycles. The van der Waals surface area contributed by atoms with Gasteiger partial charge in [-0.1, -0.05) is 35.8 Å². The van der Waals surface area contributed by atoms with Crippen molar-refractivity contribution in [3.63, 3.8) is 0 Å².